The van der Waals surface area contributed by atoms with Crippen molar-refractivity contribution in [3.63, 3.8) is 0 Å². The van der Waals surface area contributed by atoms with Crippen LogP contribution < -0.4 is 10.2 Å². The number of hydrogen-bond acceptors (Lipinski definition) is 5. The molecule has 1 aromatic rings. The minimum atomic E-state index is 0.463. The third-order valence-corrected chi connectivity index (χ3v) is 3.04. The summed E-state index contributed by atoms with van der Waals surface area (Å²) in [6.07, 6.45) is 1.07. The standard InChI is InChI=1S/C16H30N4O/c1-6-9-17-14-10-16(20(7-2)11-13(4)5)19-15(18-14)12-21-8-3/h10,13H,6-9,11-12H2,1-5H3,(H,17,18,19). The van der Waals surface area contributed by atoms with E-state index in [0.717, 1.165) is 43.5 Å². The maximum Gasteiger partial charge on any atom is 0.158 e. The molecule has 1 heterocycles. The van der Waals surface area contributed by atoms with Gasteiger partial charge in [-0.3, -0.25) is 0 Å². The fourth-order valence-corrected chi connectivity index (χ4v) is 2.07. The number of rotatable bonds is 10. The monoisotopic (exact) mass is 294 g/mol. The van der Waals surface area contributed by atoms with E-state index in [-0.39, 0.29) is 0 Å². The maximum atomic E-state index is 5.46. The molecule has 5 heteroatoms. The minimum absolute atomic E-state index is 0.463. The molecule has 0 fully saturated rings. The molecule has 0 saturated heterocycles. The summed E-state index contributed by atoms with van der Waals surface area (Å²) in [5.74, 6) is 3.21. The second-order valence-electron chi connectivity index (χ2n) is 5.52. The third kappa shape index (κ3) is 6.29. The molecule has 0 bridgehead atoms. The van der Waals surface area contributed by atoms with E-state index in [1.165, 1.54) is 0 Å². The van der Waals surface area contributed by atoms with Gasteiger partial charge in [-0.15, -0.1) is 0 Å². The van der Waals surface area contributed by atoms with Crippen LogP contribution in [-0.4, -0.2) is 36.2 Å². The average Bonchev–Trinajstić information content (AvgIpc) is 2.48. The lowest BCUT2D eigenvalue weighted by Gasteiger charge is -2.25. The van der Waals surface area contributed by atoms with Crippen molar-refractivity contribution in [3.05, 3.63) is 11.9 Å². The topological polar surface area (TPSA) is 50.3 Å². The predicted octanol–water partition coefficient (Wildman–Crippen LogP) is 3.32. The molecule has 0 aliphatic heterocycles. The van der Waals surface area contributed by atoms with Crippen LogP contribution in [0.2, 0.25) is 0 Å². The molecule has 1 aromatic heterocycles. The SMILES string of the molecule is CCCNc1cc(N(CC)CC(C)C)nc(COCC)n1. The molecule has 0 amide bonds. The van der Waals surface area contributed by atoms with Crippen molar-refractivity contribution >= 4 is 11.6 Å². The zero-order chi connectivity index (χ0) is 15.7. The van der Waals surface area contributed by atoms with Gasteiger partial charge in [-0.25, -0.2) is 9.97 Å². The predicted molar refractivity (Wildman–Crippen MR) is 88.9 cm³/mol. The highest BCUT2D eigenvalue weighted by Gasteiger charge is 2.12. The molecule has 21 heavy (non-hydrogen) atoms. The molecule has 0 saturated carbocycles. The van der Waals surface area contributed by atoms with E-state index < -0.39 is 0 Å². The molecule has 5 nitrogen and oxygen atoms in total. The zero-order valence-electron chi connectivity index (χ0n) is 14.1. The Morgan fingerprint density at radius 1 is 1.24 bits per heavy atom. The summed E-state index contributed by atoms with van der Waals surface area (Å²) in [4.78, 5) is 11.5. The number of ether oxygens (including phenoxy) is 1. The molecule has 1 N–H and O–H groups in total. The Balaban J connectivity index is 2.97. The fraction of sp³-hybridized carbons (Fsp3) is 0.750. The van der Waals surface area contributed by atoms with Crippen molar-refractivity contribution in [2.24, 2.45) is 5.92 Å². The first-order valence-corrected chi connectivity index (χ1v) is 8.05. The second-order valence-corrected chi connectivity index (χ2v) is 5.52. The molecule has 0 unspecified atom stereocenters. The van der Waals surface area contributed by atoms with Crippen LogP contribution in [0.3, 0.4) is 0 Å². The Kier molecular flexibility index (Phi) is 8.05. The van der Waals surface area contributed by atoms with E-state index in [2.05, 4.69) is 47.9 Å². The maximum absolute atomic E-state index is 5.46. The lowest BCUT2D eigenvalue weighted by Crippen LogP contribution is -2.28. The van der Waals surface area contributed by atoms with Gasteiger partial charge in [0.2, 0.25) is 0 Å². The molecule has 0 aliphatic rings. The number of hydrogen-bond donors (Lipinski definition) is 1. The number of nitrogens with one attached hydrogen (secondary N) is 1. The average molecular weight is 294 g/mol. The summed E-state index contributed by atoms with van der Waals surface area (Å²) >= 11 is 0. The van der Waals surface area contributed by atoms with Crippen LogP contribution >= 0.6 is 0 Å². The molecule has 0 spiro atoms. The summed E-state index contributed by atoms with van der Waals surface area (Å²) < 4.78 is 5.46. The lowest BCUT2D eigenvalue weighted by atomic mass is 10.2. The molecular weight excluding hydrogens is 264 g/mol. The number of anilines is 2. The molecule has 0 aliphatic carbocycles. The minimum Gasteiger partial charge on any atom is -0.374 e. The summed E-state index contributed by atoms with van der Waals surface area (Å²) in [6.45, 7) is 14.7. The van der Waals surface area contributed by atoms with Gasteiger partial charge in [0, 0.05) is 32.3 Å². The summed E-state index contributed by atoms with van der Waals surface area (Å²) in [7, 11) is 0. The van der Waals surface area contributed by atoms with Crippen LogP contribution in [0.15, 0.2) is 6.07 Å². The van der Waals surface area contributed by atoms with Gasteiger partial charge >= 0.3 is 0 Å². The summed E-state index contributed by atoms with van der Waals surface area (Å²) in [6, 6.07) is 2.04. The van der Waals surface area contributed by atoms with Crippen molar-refractivity contribution < 1.29 is 4.74 Å². The second kappa shape index (κ2) is 9.55. The van der Waals surface area contributed by atoms with Crippen molar-refractivity contribution in [3.8, 4) is 0 Å². The fourth-order valence-electron chi connectivity index (χ4n) is 2.07. The molecule has 120 valence electrons. The van der Waals surface area contributed by atoms with Crippen molar-refractivity contribution in [1.82, 2.24) is 9.97 Å². The van der Waals surface area contributed by atoms with Crippen molar-refractivity contribution in [2.75, 3.05) is 36.5 Å². The Morgan fingerprint density at radius 3 is 2.57 bits per heavy atom. The Labute approximate surface area is 129 Å². The van der Waals surface area contributed by atoms with Gasteiger partial charge < -0.3 is 15.0 Å². The Bertz CT molecular complexity index is 383. The van der Waals surface area contributed by atoms with Crippen LogP contribution in [0.5, 0.6) is 0 Å². The first kappa shape index (κ1) is 17.7. The van der Waals surface area contributed by atoms with E-state index in [9.17, 15) is 0 Å². The normalized spacial score (nSPS) is 11.0. The molecule has 0 atom stereocenters. The van der Waals surface area contributed by atoms with Crippen molar-refractivity contribution in [2.45, 2.75) is 47.6 Å². The van der Waals surface area contributed by atoms with Crippen LogP contribution in [-0.2, 0) is 11.3 Å². The van der Waals surface area contributed by atoms with Gasteiger partial charge in [-0.1, -0.05) is 20.8 Å². The Hall–Kier alpha value is -1.36. The van der Waals surface area contributed by atoms with E-state index in [4.69, 9.17) is 4.74 Å². The highest BCUT2D eigenvalue weighted by molar-refractivity contribution is 5.49. The zero-order valence-corrected chi connectivity index (χ0v) is 14.1. The third-order valence-electron chi connectivity index (χ3n) is 3.04. The van der Waals surface area contributed by atoms with Crippen molar-refractivity contribution in [1.29, 1.82) is 0 Å². The quantitative estimate of drug-likeness (QED) is 0.717. The molecule has 0 aromatic carbocycles. The van der Waals surface area contributed by atoms with Crippen LogP contribution in [0.25, 0.3) is 0 Å². The smallest absolute Gasteiger partial charge is 0.158 e. The highest BCUT2D eigenvalue weighted by Crippen LogP contribution is 2.18. The molecule has 1 rings (SSSR count). The van der Waals surface area contributed by atoms with Gasteiger partial charge in [0.1, 0.15) is 18.2 Å². The highest BCUT2D eigenvalue weighted by atomic mass is 16.5. The van der Waals surface area contributed by atoms with E-state index in [1.54, 1.807) is 0 Å². The summed E-state index contributed by atoms with van der Waals surface area (Å²) in [5.41, 5.74) is 0. The van der Waals surface area contributed by atoms with Gasteiger partial charge in [-0.2, -0.15) is 0 Å². The first-order chi connectivity index (χ1) is 10.1. The number of nitrogens with zero attached hydrogens (tertiary/aromatic N) is 3. The van der Waals surface area contributed by atoms with E-state index in [0.29, 0.717) is 19.1 Å². The van der Waals surface area contributed by atoms with Gasteiger partial charge in [0.15, 0.2) is 5.82 Å². The van der Waals surface area contributed by atoms with Crippen LogP contribution in [0, 0.1) is 5.92 Å². The summed E-state index contributed by atoms with van der Waals surface area (Å²) in [5, 5.41) is 3.35. The van der Waals surface area contributed by atoms with Gasteiger partial charge in [0.25, 0.3) is 0 Å². The molecule has 0 radical (unpaired) electrons. The van der Waals surface area contributed by atoms with Crippen LogP contribution in [0.4, 0.5) is 11.6 Å². The van der Waals surface area contributed by atoms with Gasteiger partial charge in [-0.05, 0) is 26.2 Å². The lowest BCUT2D eigenvalue weighted by molar-refractivity contribution is 0.128. The molecular formula is C16H30N4O. The van der Waals surface area contributed by atoms with Crippen LogP contribution in [0.1, 0.15) is 46.9 Å². The van der Waals surface area contributed by atoms with E-state index >= 15 is 0 Å². The first-order valence-electron chi connectivity index (χ1n) is 8.05. The Morgan fingerprint density at radius 2 is 2.00 bits per heavy atom. The number of aromatic nitrogens is 2. The van der Waals surface area contributed by atoms with E-state index in [1.807, 2.05) is 13.0 Å². The largest absolute Gasteiger partial charge is 0.374 e. The van der Waals surface area contributed by atoms with Gasteiger partial charge in [0.05, 0.1) is 0 Å².